The Hall–Kier alpha value is -1.43. The summed E-state index contributed by atoms with van der Waals surface area (Å²) in [6.07, 6.45) is 1.57. The highest BCUT2D eigenvalue weighted by molar-refractivity contribution is 7.90. The summed E-state index contributed by atoms with van der Waals surface area (Å²) < 4.78 is 22.0. The molecule has 5 nitrogen and oxygen atoms in total. The first-order chi connectivity index (χ1) is 7.29. The van der Waals surface area contributed by atoms with Crippen LogP contribution in [0.25, 0.3) is 0 Å². The van der Waals surface area contributed by atoms with Crippen LogP contribution in [0.5, 0.6) is 0 Å². The smallest absolute Gasteiger partial charge is 0.258 e. The van der Waals surface area contributed by atoms with Crippen molar-refractivity contribution >= 4 is 15.5 Å². The van der Waals surface area contributed by atoms with Gasteiger partial charge in [-0.3, -0.25) is 10.1 Å². The number of nitro groups is 1. The van der Waals surface area contributed by atoms with E-state index < -0.39 is 14.8 Å². The summed E-state index contributed by atoms with van der Waals surface area (Å²) in [4.78, 5) is 10.0. The first kappa shape index (κ1) is 12.6. The Bertz CT molecular complexity index is 508. The zero-order chi connectivity index (χ0) is 12.3. The SMILES string of the molecule is Cc1cc([N+](=O)[O-])ccc1CCS(C)(=O)=O. The molecule has 0 spiro atoms. The second kappa shape index (κ2) is 4.61. The highest BCUT2D eigenvalue weighted by atomic mass is 32.2. The Kier molecular flexibility index (Phi) is 3.64. The van der Waals surface area contributed by atoms with Crippen molar-refractivity contribution < 1.29 is 13.3 Å². The minimum absolute atomic E-state index is 0.0283. The van der Waals surface area contributed by atoms with Gasteiger partial charge in [0.25, 0.3) is 5.69 Å². The van der Waals surface area contributed by atoms with E-state index in [9.17, 15) is 18.5 Å². The molecule has 0 saturated carbocycles. The highest BCUT2D eigenvalue weighted by Gasteiger charge is 2.09. The molecule has 88 valence electrons. The zero-order valence-electron chi connectivity index (χ0n) is 9.13. The maximum absolute atomic E-state index is 11.0. The normalized spacial score (nSPS) is 11.4. The lowest BCUT2D eigenvalue weighted by Crippen LogP contribution is -2.06. The van der Waals surface area contributed by atoms with Crippen molar-refractivity contribution in [1.29, 1.82) is 0 Å². The molecule has 1 rings (SSSR count). The van der Waals surface area contributed by atoms with Crippen LogP contribution in [0.2, 0.25) is 0 Å². The summed E-state index contributed by atoms with van der Waals surface area (Å²) in [5, 5.41) is 10.5. The molecule has 0 fully saturated rings. The first-order valence-electron chi connectivity index (χ1n) is 4.71. The molecule has 0 unspecified atom stereocenters. The lowest BCUT2D eigenvalue weighted by Gasteiger charge is -2.04. The van der Waals surface area contributed by atoms with Gasteiger partial charge in [-0.25, -0.2) is 8.42 Å². The molecule has 0 aromatic heterocycles. The summed E-state index contributed by atoms with van der Waals surface area (Å²) in [6.45, 7) is 1.74. The Morgan fingerprint density at radius 1 is 1.38 bits per heavy atom. The molecule has 0 atom stereocenters. The summed E-state index contributed by atoms with van der Waals surface area (Å²) >= 11 is 0. The van der Waals surface area contributed by atoms with Crippen molar-refractivity contribution in [2.45, 2.75) is 13.3 Å². The van der Waals surface area contributed by atoms with Crippen molar-refractivity contribution in [3.63, 3.8) is 0 Å². The Morgan fingerprint density at radius 2 is 2.00 bits per heavy atom. The molecule has 1 aromatic carbocycles. The van der Waals surface area contributed by atoms with E-state index in [1.54, 1.807) is 13.0 Å². The molecule has 0 radical (unpaired) electrons. The minimum atomic E-state index is -3.00. The highest BCUT2D eigenvalue weighted by Crippen LogP contribution is 2.17. The van der Waals surface area contributed by atoms with Gasteiger partial charge in [0.1, 0.15) is 9.84 Å². The molecule has 6 heteroatoms. The molecule has 0 aliphatic heterocycles. The number of hydrogen-bond donors (Lipinski definition) is 0. The van der Waals surface area contributed by atoms with Crippen LogP contribution in [-0.2, 0) is 16.3 Å². The maximum Gasteiger partial charge on any atom is 0.269 e. The van der Waals surface area contributed by atoms with Gasteiger partial charge in [-0.05, 0) is 24.5 Å². The Labute approximate surface area is 94.2 Å². The molecule has 0 N–H and O–H groups in total. The molecule has 0 amide bonds. The zero-order valence-corrected chi connectivity index (χ0v) is 9.95. The fraction of sp³-hybridized carbons (Fsp3) is 0.400. The summed E-state index contributed by atoms with van der Waals surface area (Å²) in [6, 6.07) is 4.46. The Morgan fingerprint density at radius 3 is 2.44 bits per heavy atom. The van der Waals surface area contributed by atoms with E-state index in [-0.39, 0.29) is 11.4 Å². The maximum atomic E-state index is 11.0. The molecule has 1 aromatic rings. The molecule has 0 aliphatic carbocycles. The van der Waals surface area contributed by atoms with Gasteiger partial charge in [-0.2, -0.15) is 0 Å². The van der Waals surface area contributed by atoms with E-state index >= 15 is 0 Å². The van der Waals surface area contributed by atoms with Gasteiger partial charge in [-0.15, -0.1) is 0 Å². The third kappa shape index (κ3) is 3.62. The average molecular weight is 243 g/mol. The molecule has 0 heterocycles. The van der Waals surface area contributed by atoms with Crippen molar-refractivity contribution in [3.05, 3.63) is 39.4 Å². The average Bonchev–Trinajstić information content (AvgIpc) is 2.14. The van der Waals surface area contributed by atoms with E-state index in [0.29, 0.717) is 6.42 Å². The molecule has 0 saturated heterocycles. The summed E-state index contributed by atoms with van der Waals surface area (Å²) in [7, 11) is -3.00. The third-order valence-electron chi connectivity index (χ3n) is 2.28. The second-order valence-electron chi connectivity index (χ2n) is 3.75. The largest absolute Gasteiger partial charge is 0.269 e. The lowest BCUT2D eigenvalue weighted by molar-refractivity contribution is -0.384. The van der Waals surface area contributed by atoms with Crippen LogP contribution >= 0.6 is 0 Å². The summed E-state index contributed by atoms with van der Waals surface area (Å²) in [5.41, 5.74) is 1.61. The van der Waals surface area contributed by atoms with Gasteiger partial charge in [0.2, 0.25) is 0 Å². The van der Waals surface area contributed by atoms with Gasteiger partial charge in [0, 0.05) is 18.4 Å². The third-order valence-corrected chi connectivity index (χ3v) is 3.22. The van der Waals surface area contributed by atoms with Crippen LogP contribution in [-0.4, -0.2) is 25.3 Å². The quantitative estimate of drug-likeness (QED) is 0.593. The van der Waals surface area contributed by atoms with Crippen molar-refractivity contribution in [2.75, 3.05) is 12.0 Å². The molecule has 0 aliphatic rings. The van der Waals surface area contributed by atoms with Crippen LogP contribution in [0, 0.1) is 17.0 Å². The van der Waals surface area contributed by atoms with Gasteiger partial charge in [-0.1, -0.05) is 6.07 Å². The van der Waals surface area contributed by atoms with Crippen LogP contribution in [0.3, 0.4) is 0 Å². The van der Waals surface area contributed by atoms with Gasteiger partial charge >= 0.3 is 0 Å². The number of rotatable bonds is 4. The van der Waals surface area contributed by atoms with E-state index in [0.717, 1.165) is 11.1 Å². The first-order valence-corrected chi connectivity index (χ1v) is 6.77. The van der Waals surface area contributed by atoms with Gasteiger partial charge in [0.05, 0.1) is 10.7 Å². The number of sulfone groups is 1. The van der Waals surface area contributed by atoms with Gasteiger partial charge < -0.3 is 0 Å². The number of nitrogens with zero attached hydrogens (tertiary/aromatic N) is 1. The van der Waals surface area contributed by atoms with Crippen molar-refractivity contribution in [2.24, 2.45) is 0 Å². The van der Waals surface area contributed by atoms with E-state index in [2.05, 4.69) is 0 Å². The predicted octanol–water partition coefficient (Wildman–Crippen LogP) is 1.49. The summed E-state index contributed by atoms with van der Waals surface area (Å²) in [5.74, 6) is 0.0612. The fourth-order valence-corrected chi connectivity index (χ4v) is 1.96. The number of aryl methyl sites for hydroxylation is 2. The number of hydrogen-bond acceptors (Lipinski definition) is 4. The topological polar surface area (TPSA) is 77.3 Å². The van der Waals surface area contributed by atoms with Crippen LogP contribution in [0.1, 0.15) is 11.1 Å². The van der Waals surface area contributed by atoms with E-state index in [1.807, 2.05) is 0 Å². The molecular weight excluding hydrogens is 230 g/mol. The van der Waals surface area contributed by atoms with Crippen LogP contribution < -0.4 is 0 Å². The number of benzene rings is 1. The molecular formula is C10H13NO4S. The predicted molar refractivity (Wildman–Crippen MR) is 61.2 cm³/mol. The molecule has 16 heavy (non-hydrogen) atoms. The van der Waals surface area contributed by atoms with Crippen LogP contribution in [0.4, 0.5) is 5.69 Å². The van der Waals surface area contributed by atoms with Crippen LogP contribution in [0.15, 0.2) is 18.2 Å². The van der Waals surface area contributed by atoms with Crippen molar-refractivity contribution in [3.8, 4) is 0 Å². The van der Waals surface area contributed by atoms with E-state index in [4.69, 9.17) is 0 Å². The van der Waals surface area contributed by atoms with Crippen molar-refractivity contribution in [1.82, 2.24) is 0 Å². The minimum Gasteiger partial charge on any atom is -0.258 e. The molecule has 0 bridgehead atoms. The van der Waals surface area contributed by atoms with Gasteiger partial charge in [0.15, 0.2) is 0 Å². The van der Waals surface area contributed by atoms with E-state index in [1.165, 1.54) is 18.4 Å². The number of nitro benzene ring substituents is 1. The fourth-order valence-electron chi connectivity index (χ4n) is 1.37. The second-order valence-corrected chi connectivity index (χ2v) is 6.01. The lowest BCUT2D eigenvalue weighted by atomic mass is 10.1. The monoisotopic (exact) mass is 243 g/mol. The standard InChI is InChI=1S/C10H13NO4S/c1-8-7-10(11(12)13)4-3-9(8)5-6-16(2,14)15/h3-4,7H,5-6H2,1-2H3. The Balaban J connectivity index is 2.88. The number of non-ortho nitro benzene ring substituents is 1.